The number of halogens is 3. The number of hydrogen-bond donors (Lipinski definition) is 1. The maximum absolute atomic E-state index is 13.9. The number of rotatable bonds is 11. The average Bonchev–Trinajstić information content (AvgIpc) is 3.52. The van der Waals surface area contributed by atoms with E-state index in [0.29, 0.717) is 18.9 Å². The number of aromatic nitrogens is 3. The van der Waals surface area contributed by atoms with Crippen LogP contribution in [0.25, 0.3) is 22.6 Å². The lowest BCUT2D eigenvalue weighted by molar-refractivity contribution is -0.130. The first-order valence-electron chi connectivity index (χ1n) is 11.8. The topological polar surface area (TPSA) is 75.0 Å². The van der Waals surface area contributed by atoms with Gasteiger partial charge in [-0.3, -0.25) is 9.89 Å². The Morgan fingerprint density at radius 1 is 1.00 bits per heavy atom. The molecule has 188 valence electrons. The van der Waals surface area contributed by atoms with Gasteiger partial charge in [0.1, 0.15) is 17.5 Å². The highest BCUT2D eigenvalue weighted by Gasteiger charge is 2.14. The van der Waals surface area contributed by atoms with Gasteiger partial charge in [-0.2, -0.15) is 5.10 Å². The van der Waals surface area contributed by atoms with Crippen molar-refractivity contribution in [3.05, 3.63) is 83.8 Å². The summed E-state index contributed by atoms with van der Waals surface area (Å²) in [6.45, 7) is 0.633. The van der Waals surface area contributed by atoms with Gasteiger partial charge in [-0.25, -0.2) is 18.2 Å². The molecule has 1 N–H and O–H groups in total. The van der Waals surface area contributed by atoms with E-state index in [9.17, 15) is 18.0 Å². The number of H-pyrrole nitrogens is 1. The smallest absolute Gasteiger partial charge is 0.222 e. The Hall–Kier alpha value is -3.88. The van der Waals surface area contributed by atoms with Gasteiger partial charge in [-0.1, -0.05) is 18.6 Å². The first-order chi connectivity index (χ1) is 17.4. The standard InChI is InChI=1S/C27H27F3N4O2/c1-34(13-4-2-3-8-21-16-24(33-32-21)18-6-5-7-19(28)14-18)27(35)12-11-26-31-17-25(36-26)22-10-9-20(29)15-23(22)30/h5-7,9-10,14-17H,2-4,8,11-13H2,1H3,(H,32,33). The molecule has 2 aromatic carbocycles. The molecule has 0 aliphatic rings. The molecule has 36 heavy (non-hydrogen) atoms. The lowest BCUT2D eigenvalue weighted by Crippen LogP contribution is -2.27. The summed E-state index contributed by atoms with van der Waals surface area (Å²) in [6.07, 6.45) is 5.45. The van der Waals surface area contributed by atoms with E-state index >= 15 is 0 Å². The number of carbonyl (C=O) groups is 1. The van der Waals surface area contributed by atoms with Crippen LogP contribution in [0.5, 0.6) is 0 Å². The number of aromatic amines is 1. The normalized spacial score (nSPS) is 11.1. The minimum Gasteiger partial charge on any atom is -0.441 e. The monoisotopic (exact) mass is 496 g/mol. The fraction of sp³-hybridized carbons (Fsp3) is 0.296. The Labute approximate surface area is 207 Å². The number of carbonyl (C=O) groups excluding carboxylic acids is 1. The van der Waals surface area contributed by atoms with E-state index in [4.69, 9.17) is 4.42 Å². The quantitative estimate of drug-likeness (QED) is 0.260. The van der Waals surface area contributed by atoms with Crippen molar-refractivity contribution in [1.82, 2.24) is 20.1 Å². The Bertz CT molecular complexity index is 1320. The van der Waals surface area contributed by atoms with Gasteiger partial charge in [-0.15, -0.1) is 0 Å². The molecule has 2 heterocycles. The zero-order valence-corrected chi connectivity index (χ0v) is 19.9. The van der Waals surface area contributed by atoms with Crippen LogP contribution in [0.3, 0.4) is 0 Å². The lowest BCUT2D eigenvalue weighted by Gasteiger charge is -2.16. The molecule has 0 radical (unpaired) electrons. The van der Waals surface area contributed by atoms with Gasteiger partial charge in [0.15, 0.2) is 11.7 Å². The Kier molecular flexibility index (Phi) is 8.20. The Morgan fingerprint density at radius 2 is 1.83 bits per heavy atom. The summed E-state index contributed by atoms with van der Waals surface area (Å²) in [7, 11) is 1.76. The van der Waals surface area contributed by atoms with Crippen molar-refractivity contribution in [1.29, 1.82) is 0 Å². The van der Waals surface area contributed by atoms with E-state index in [1.165, 1.54) is 24.4 Å². The lowest BCUT2D eigenvalue weighted by atomic mass is 10.1. The summed E-state index contributed by atoms with van der Waals surface area (Å²) in [5, 5.41) is 7.26. The van der Waals surface area contributed by atoms with E-state index in [-0.39, 0.29) is 29.5 Å². The first kappa shape index (κ1) is 25.2. The third-order valence-electron chi connectivity index (χ3n) is 5.92. The van der Waals surface area contributed by atoms with Crippen molar-refractivity contribution in [3.63, 3.8) is 0 Å². The second-order valence-electron chi connectivity index (χ2n) is 8.66. The third-order valence-corrected chi connectivity index (χ3v) is 5.92. The van der Waals surface area contributed by atoms with Crippen LogP contribution in [-0.4, -0.2) is 39.6 Å². The van der Waals surface area contributed by atoms with Gasteiger partial charge < -0.3 is 9.32 Å². The highest BCUT2D eigenvalue weighted by atomic mass is 19.1. The Balaban J connectivity index is 1.15. The fourth-order valence-electron chi connectivity index (χ4n) is 3.90. The predicted molar refractivity (Wildman–Crippen MR) is 129 cm³/mol. The van der Waals surface area contributed by atoms with Crippen LogP contribution < -0.4 is 0 Å². The van der Waals surface area contributed by atoms with E-state index in [2.05, 4.69) is 15.2 Å². The molecule has 2 aromatic heterocycles. The van der Waals surface area contributed by atoms with Gasteiger partial charge in [0.05, 0.1) is 17.5 Å². The maximum atomic E-state index is 13.9. The molecule has 0 atom stereocenters. The average molecular weight is 497 g/mol. The SMILES string of the molecule is CN(CCCCCc1cc(-c2cccc(F)c2)n[nH]1)C(=O)CCc1ncc(-c2ccc(F)cc2F)o1. The summed E-state index contributed by atoms with van der Waals surface area (Å²) in [6, 6.07) is 11.5. The number of nitrogens with zero attached hydrogens (tertiary/aromatic N) is 3. The minimum atomic E-state index is -0.729. The molecule has 4 rings (SSSR count). The summed E-state index contributed by atoms with van der Waals surface area (Å²) in [5.74, 6) is -1.19. The van der Waals surface area contributed by atoms with Crippen molar-refractivity contribution in [2.24, 2.45) is 0 Å². The molecule has 0 bridgehead atoms. The molecule has 0 saturated heterocycles. The molecule has 9 heteroatoms. The van der Waals surface area contributed by atoms with Crippen molar-refractivity contribution < 1.29 is 22.4 Å². The largest absolute Gasteiger partial charge is 0.441 e. The first-order valence-corrected chi connectivity index (χ1v) is 11.8. The molecule has 0 unspecified atom stereocenters. The second kappa shape index (κ2) is 11.7. The molecular formula is C27H27F3N4O2. The highest BCUT2D eigenvalue weighted by molar-refractivity contribution is 5.76. The summed E-state index contributed by atoms with van der Waals surface area (Å²) in [5.41, 5.74) is 2.57. The number of oxazole rings is 1. The van der Waals surface area contributed by atoms with Crippen LogP contribution in [0.1, 0.15) is 37.3 Å². The van der Waals surface area contributed by atoms with E-state index in [1.807, 2.05) is 12.1 Å². The zero-order valence-electron chi connectivity index (χ0n) is 19.9. The number of unbranched alkanes of at least 4 members (excludes halogenated alkanes) is 2. The van der Waals surface area contributed by atoms with Crippen molar-refractivity contribution in [3.8, 4) is 22.6 Å². The van der Waals surface area contributed by atoms with Crippen molar-refractivity contribution in [2.75, 3.05) is 13.6 Å². The molecule has 0 aliphatic carbocycles. The van der Waals surface area contributed by atoms with Crippen LogP contribution in [0, 0.1) is 17.5 Å². The summed E-state index contributed by atoms with van der Waals surface area (Å²) < 4.78 is 45.9. The summed E-state index contributed by atoms with van der Waals surface area (Å²) >= 11 is 0. The molecule has 0 aliphatic heterocycles. The van der Waals surface area contributed by atoms with Crippen molar-refractivity contribution >= 4 is 5.91 Å². The highest BCUT2D eigenvalue weighted by Crippen LogP contribution is 2.25. The van der Waals surface area contributed by atoms with Gasteiger partial charge in [0, 0.05) is 43.8 Å². The Morgan fingerprint density at radius 3 is 2.64 bits per heavy atom. The molecule has 0 saturated carbocycles. The maximum Gasteiger partial charge on any atom is 0.222 e. The second-order valence-corrected chi connectivity index (χ2v) is 8.66. The number of nitrogens with one attached hydrogen (secondary N) is 1. The van der Waals surface area contributed by atoms with Gasteiger partial charge in [-0.05, 0) is 49.6 Å². The van der Waals surface area contributed by atoms with E-state index in [0.717, 1.165) is 54.8 Å². The molecule has 6 nitrogen and oxygen atoms in total. The van der Waals surface area contributed by atoms with Gasteiger partial charge in [0.2, 0.25) is 5.91 Å². The van der Waals surface area contributed by atoms with E-state index in [1.54, 1.807) is 18.0 Å². The number of amides is 1. The molecule has 0 fully saturated rings. The number of hydrogen-bond acceptors (Lipinski definition) is 4. The molecular weight excluding hydrogens is 469 g/mol. The van der Waals surface area contributed by atoms with Crippen LogP contribution in [0.4, 0.5) is 13.2 Å². The zero-order chi connectivity index (χ0) is 25.5. The van der Waals surface area contributed by atoms with Gasteiger partial charge in [0.25, 0.3) is 0 Å². The fourth-order valence-corrected chi connectivity index (χ4v) is 3.90. The minimum absolute atomic E-state index is 0.0315. The number of aryl methyl sites for hydroxylation is 2. The van der Waals surface area contributed by atoms with Gasteiger partial charge >= 0.3 is 0 Å². The predicted octanol–water partition coefficient (Wildman–Crippen LogP) is 5.95. The molecule has 1 amide bonds. The van der Waals surface area contributed by atoms with Crippen LogP contribution in [0.15, 0.2) is 59.1 Å². The number of benzene rings is 2. The summed E-state index contributed by atoms with van der Waals surface area (Å²) in [4.78, 5) is 18.2. The van der Waals surface area contributed by atoms with Crippen LogP contribution in [-0.2, 0) is 17.6 Å². The molecule has 0 spiro atoms. The van der Waals surface area contributed by atoms with E-state index < -0.39 is 11.6 Å². The van der Waals surface area contributed by atoms with Crippen LogP contribution in [0.2, 0.25) is 0 Å². The van der Waals surface area contributed by atoms with Crippen molar-refractivity contribution in [2.45, 2.75) is 38.5 Å². The van der Waals surface area contributed by atoms with Crippen LogP contribution >= 0.6 is 0 Å². The molecule has 4 aromatic rings. The third kappa shape index (κ3) is 6.62.